The van der Waals surface area contributed by atoms with Crippen LogP contribution in [0.2, 0.25) is 5.02 Å². The number of anilines is 2. The standard InChI is InChI=1S/C18H17ClN6S/c19-11-1-2-15-13(8-11)14-9-12(24-18-23-5-6-26-18)7-10(16(14)25-15)3-4-22-17(20)21/h1-2,5-9,25H,3-4H2,(H,23,24)(H4,20,21,22). The van der Waals surface area contributed by atoms with Crippen LogP contribution in [0.25, 0.3) is 21.8 Å². The number of aliphatic imine (C=N–C) groups is 1. The monoisotopic (exact) mass is 384 g/mol. The molecular formula is C18H17ClN6S. The Bertz CT molecular complexity index is 1100. The Balaban J connectivity index is 1.85. The van der Waals surface area contributed by atoms with E-state index in [1.165, 1.54) is 0 Å². The topological polar surface area (TPSA) is 105 Å². The Kier molecular flexibility index (Phi) is 4.40. The molecule has 0 atom stereocenters. The predicted octanol–water partition coefficient (Wildman–Crippen LogP) is 3.99. The van der Waals surface area contributed by atoms with Crippen LogP contribution >= 0.6 is 22.9 Å². The maximum Gasteiger partial charge on any atom is 0.187 e. The Morgan fingerprint density at radius 3 is 2.88 bits per heavy atom. The van der Waals surface area contributed by atoms with Gasteiger partial charge in [0.2, 0.25) is 0 Å². The van der Waals surface area contributed by atoms with E-state index in [9.17, 15) is 0 Å². The average Bonchev–Trinajstić information content (AvgIpc) is 3.22. The first-order valence-corrected chi connectivity index (χ1v) is 9.32. The van der Waals surface area contributed by atoms with E-state index in [1.54, 1.807) is 17.5 Å². The van der Waals surface area contributed by atoms with Crippen LogP contribution in [-0.2, 0) is 6.42 Å². The minimum absolute atomic E-state index is 0.0988. The molecule has 8 heteroatoms. The summed E-state index contributed by atoms with van der Waals surface area (Å²) in [6.07, 6.45) is 2.49. The van der Waals surface area contributed by atoms with Crippen LogP contribution in [0, 0.1) is 0 Å². The summed E-state index contributed by atoms with van der Waals surface area (Å²) in [7, 11) is 0. The van der Waals surface area contributed by atoms with Crippen molar-refractivity contribution in [1.29, 1.82) is 0 Å². The first kappa shape index (κ1) is 16.7. The predicted molar refractivity (Wildman–Crippen MR) is 111 cm³/mol. The number of H-pyrrole nitrogens is 1. The number of thiazole rings is 1. The quantitative estimate of drug-likeness (QED) is 0.308. The van der Waals surface area contributed by atoms with Gasteiger partial charge in [0, 0.05) is 50.6 Å². The van der Waals surface area contributed by atoms with Crippen molar-refractivity contribution >= 4 is 61.5 Å². The van der Waals surface area contributed by atoms with Gasteiger partial charge in [0.25, 0.3) is 0 Å². The van der Waals surface area contributed by atoms with Crippen molar-refractivity contribution in [1.82, 2.24) is 9.97 Å². The van der Waals surface area contributed by atoms with Gasteiger partial charge in [0.15, 0.2) is 11.1 Å². The van der Waals surface area contributed by atoms with Crippen LogP contribution in [0.15, 0.2) is 46.9 Å². The summed E-state index contributed by atoms with van der Waals surface area (Å²) < 4.78 is 0. The van der Waals surface area contributed by atoms with Gasteiger partial charge >= 0.3 is 0 Å². The number of fused-ring (bicyclic) bond motifs is 3. The third-order valence-electron chi connectivity index (χ3n) is 4.11. The zero-order valence-electron chi connectivity index (χ0n) is 13.8. The second kappa shape index (κ2) is 6.86. The number of halogens is 1. The van der Waals surface area contributed by atoms with Gasteiger partial charge in [-0.1, -0.05) is 11.6 Å². The molecule has 6 nitrogen and oxygen atoms in total. The molecule has 0 aliphatic heterocycles. The van der Waals surface area contributed by atoms with Crippen LogP contribution in [0.4, 0.5) is 10.8 Å². The number of guanidine groups is 1. The van der Waals surface area contributed by atoms with Crippen LogP contribution in [0.1, 0.15) is 5.56 Å². The van der Waals surface area contributed by atoms with Crippen molar-refractivity contribution in [2.24, 2.45) is 16.5 Å². The molecule has 2 heterocycles. The van der Waals surface area contributed by atoms with E-state index in [0.29, 0.717) is 18.0 Å². The lowest BCUT2D eigenvalue weighted by Crippen LogP contribution is -2.23. The van der Waals surface area contributed by atoms with E-state index in [4.69, 9.17) is 23.1 Å². The zero-order chi connectivity index (χ0) is 18.1. The largest absolute Gasteiger partial charge is 0.370 e. The molecule has 0 unspecified atom stereocenters. The zero-order valence-corrected chi connectivity index (χ0v) is 15.4. The molecule has 0 fully saturated rings. The van der Waals surface area contributed by atoms with Crippen molar-refractivity contribution in [3.63, 3.8) is 0 Å². The number of aromatic nitrogens is 2. The molecule has 4 aromatic rings. The molecule has 0 aliphatic rings. The van der Waals surface area contributed by atoms with E-state index in [1.807, 2.05) is 23.6 Å². The van der Waals surface area contributed by atoms with Gasteiger partial charge < -0.3 is 21.8 Å². The maximum atomic E-state index is 6.21. The summed E-state index contributed by atoms with van der Waals surface area (Å²) in [5, 5.41) is 9.03. The molecule has 0 aliphatic carbocycles. The first-order chi connectivity index (χ1) is 12.6. The van der Waals surface area contributed by atoms with E-state index in [2.05, 4.69) is 32.4 Å². The smallest absolute Gasteiger partial charge is 0.187 e. The van der Waals surface area contributed by atoms with Gasteiger partial charge in [0.1, 0.15) is 0 Å². The Labute approximate surface area is 158 Å². The highest BCUT2D eigenvalue weighted by molar-refractivity contribution is 7.13. The second-order valence-electron chi connectivity index (χ2n) is 5.89. The molecule has 0 bridgehead atoms. The van der Waals surface area contributed by atoms with E-state index < -0.39 is 0 Å². The molecule has 4 rings (SSSR count). The van der Waals surface area contributed by atoms with Crippen molar-refractivity contribution in [3.8, 4) is 0 Å². The number of nitrogens with zero attached hydrogens (tertiary/aromatic N) is 2. The summed E-state index contributed by atoms with van der Waals surface area (Å²) in [5.41, 5.74) is 15.1. The van der Waals surface area contributed by atoms with Gasteiger partial charge in [-0.3, -0.25) is 4.99 Å². The molecule has 132 valence electrons. The summed E-state index contributed by atoms with van der Waals surface area (Å²) in [5.74, 6) is 0.0988. The molecule has 0 radical (unpaired) electrons. The summed E-state index contributed by atoms with van der Waals surface area (Å²) in [4.78, 5) is 11.9. The first-order valence-electron chi connectivity index (χ1n) is 8.06. The fourth-order valence-corrected chi connectivity index (χ4v) is 3.75. The van der Waals surface area contributed by atoms with Crippen LogP contribution in [0.5, 0.6) is 0 Å². The number of nitrogens with two attached hydrogens (primary N) is 2. The lowest BCUT2D eigenvalue weighted by molar-refractivity contribution is 0.968. The summed E-state index contributed by atoms with van der Waals surface area (Å²) in [6, 6.07) is 10.1. The lowest BCUT2D eigenvalue weighted by atomic mass is 10.1. The fraction of sp³-hybridized carbons (Fsp3) is 0.111. The van der Waals surface area contributed by atoms with Crippen molar-refractivity contribution < 1.29 is 0 Å². The average molecular weight is 385 g/mol. The minimum Gasteiger partial charge on any atom is -0.370 e. The van der Waals surface area contributed by atoms with E-state index in [0.717, 1.165) is 38.2 Å². The summed E-state index contributed by atoms with van der Waals surface area (Å²) in [6.45, 7) is 0.522. The van der Waals surface area contributed by atoms with Gasteiger partial charge in [-0.2, -0.15) is 0 Å². The van der Waals surface area contributed by atoms with Crippen molar-refractivity contribution in [2.75, 3.05) is 11.9 Å². The molecule has 0 spiro atoms. The fourth-order valence-electron chi connectivity index (χ4n) is 3.03. The number of aromatic amines is 1. The number of hydrogen-bond donors (Lipinski definition) is 4. The van der Waals surface area contributed by atoms with E-state index >= 15 is 0 Å². The van der Waals surface area contributed by atoms with Crippen LogP contribution < -0.4 is 16.8 Å². The molecule has 2 aromatic carbocycles. The Morgan fingerprint density at radius 1 is 1.23 bits per heavy atom. The molecule has 2 aromatic heterocycles. The van der Waals surface area contributed by atoms with Gasteiger partial charge in [-0.15, -0.1) is 11.3 Å². The van der Waals surface area contributed by atoms with Crippen molar-refractivity contribution in [2.45, 2.75) is 6.42 Å². The highest BCUT2D eigenvalue weighted by Gasteiger charge is 2.11. The van der Waals surface area contributed by atoms with Gasteiger partial charge in [-0.25, -0.2) is 4.98 Å². The van der Waals surface area contributed by atoms with Crippen LogP contribution in [0.3, 0.4) is 0 Å². The van der Waals surface area contributed by atoms with Gasteiger partial charge in [-0.05, 0) is 42.3 Å². The highest BCUT2D eigenvalue weighted by Crippen LogP contribution is 2.33. The molecule has 0 saturated carbocycles. The molecular weight excluding hydrogens is 368 g/mol. The maximum absolute atomic E-state index is 6.21. The Morgan fingerprint density at radius 2 is 2.12 bits per heavy atom. The SMILES string of the molecule is NC(N)=NCCc1cc(Nc2nccs2)cc2c1[nH]c1ccc(Cl)cc12. The highest BCUT2D eigenvalue weighted by atomic mass is 35.5. The molecule has 6 N–H and O–H groups in total. The van der Waals surface area contributed by atoms with Crippen molar-refractivity contribution in [3.05, 3.63) is 52.5 Å². The van der Waals surface area contributed by atoms with Gasteiger partial charge in [0.05, 0.1) is 0 Å². The third-order valence-corrected chi connectivity index (χ3v) is 5.03. The Hall–Kier alpha value is -2.77. The lowest BCUT2D eigenvalue weighted by Gasteiger charge is -2.08. The number of nitrogens with one attached hydrogen (secondary N) is 2. The number of benzene rings is 2. The van der Waals surface area contributed by atoms with Crippen LogP contribution in [-0.4, -0.2) is 22.5 Å². The molecule has 0 amide bonds. The number of rotatable bonds is 5. The minimum atomic E-state index is 0.0988. The molecule has 0 saturated heterocycles. The second-order valence-corrected chi connectivity index (χ2v) is 7.22. The molecule has 26 heavy (non-hydrogen) atoms. The summed E-state index contributed by atoms with van der Waals surface area (Å²) >= 11 is 7.76. The third kappa shape index (κ3) is 3.31. The van der Waals surface area contributed by atoms with E-state index in [-0.39, 0.29) is 5.96 Å². The number of hydrogen-bond acceptors (Lipinski definition) is 4. The normalized spacial score (nSPS) is 11.1.